The van der Waals surface area contributed by atoms with E-state index >= 15 is 0 Å². The van der Waals surface area contributed by atoms with Crippen LogP contribution in [0.25, 0.3) is 0 Å². The van der Waals surface area contributed by atoms with Gasteiger partial charge in [0.2, 0.25) is 5.91 Å². The summed E-state index contributed by atoms with van der Waals surface area (Å²) in [4.78, 5) is 47.7. The standard InChI is InChI=1S/C20H18ClN3O5/c21-12-5-7-13(8-6-12)22-19(27)14-3-1-2-4-15(14)23-18(26)11-29-20(28)16-9-10-17(25)24-16/h1-8,16H,9-11H2,(H,22,27)(H,23,26)(H,24,25)/t16-/m1/s1. The lowest BCUT2D eigenvalue weighted by molar-refractivity contribution is -0.149. The molecular weight excluding hydrogens is 398 g/mol. The first-order valence-corrected chi connectivity index (χ1v) is 9.22. The van der Waals surface area contributed by atoms with Crippen LogP contribution in [-0.2, 0) is 19.1 Å². The predicted molar refractivity (Wildman–Crippen MR) is 107 cm³/mol. The molecule has 2 aromatic carbocycles. The van der Waals surface area contributed by atoms with Crippen molar-refractivity contribution >= 4 is 46.7 Å². The summed E-state index contributed by atoms with van der Waals surface area (Å²) >= 11 is 5.83. The van der Waals surface area contributed by atoms with Crippen molar-refractivity contribution in [2.75, 3.05) is 17.2 Å². The van der Waals surface area contributed by atoms with Crippen LogP contribution >= 0.6 is 11.6 Å². The van der Waals surface area contributed by atoms with E-state index in [1.807, 2.05) is 0 Å². The van der Waals surface area contributed by atoms with Crippen molar-refractivity contribution in [1.29, 1.82) is 0 Å². The number of ether oxygens (including phenoxy) is 1. The Morgan fingerprint density at radius 3 is 2.48 bits per heavy atom. The molecule has 0 saturated carbocycles. The minimum absolute atomic E-state index is 0.225. The second-order valence-electron chi connectivity index (χ2n) is 6.32. The normalized spacial score (nSPS) is 15.3. The van der Waals surface area contributed by atoms with Gasteiger partial charge >= 0.3 is 5.97 Å². The highest BCUT2D eigenvalue weighted by Gasteiger charge is 2.28. The lowest BCUT2D eigenvalue weighted by Gasteiger charge is -2.13. The Hall–Kier alpha value is -3.39. The van der Waals surface area contributed by atoms with E-state index in [1.165, 1.54) is 0 Å². The molecule has 3 rings (SSSR count). The van der Waals surface area contributed by atoms with E-state index in [-0.39, 0.29) is 23.6 Å². The Balaban J connectivity index is 1.58. The van der Waals surface area contributed by atoms with Crippen LogP contribution in [0.4, 0.5) is 11.4 Å². The van der Waals surface area contributed by atoms with E-state index in [9.17, 15) is 19.2 Å². The van der Waals surface area contributed by atoms with Crippen molar-refractivity contribution < 1.29 is 23.9 Å². The van der Waals surface area contributed by atoms with Crippen LogP contribution < -0.4 is 16.0 Å². The highest BCUT2D eigenvalue weighted by atomic mass is 35.5. The molecule has 150 valence electrons. The number of rotatable bonds is 6. The molecule has 0 aromatic heterocycles. The first kappa shape index (κ1) is 20.3. The van der Waals surface area contributed by atoms with Crippen molar-refractivity contribution in [3.63, 3.8) is 0 Å². The van der Waals surface area contributed by atoms with Gasteiger partial charge in [0.25, 0.3) is 11.8 Å². The Labute approximate surface area is 171 Å². The van der Waals surface area contributed by atoms with E-state index in [4.69, 9.17) is 16.3 Å². The summed E-state index contributed by atoms with van der Waals surface area (Å²) in [6.07, 6.45) is 0.592. The van der Waals surface area contributed by atoms with Crippen LogP contribution in [0.2, 0.25) is 5.02 Å². The summed E-state index contributed by atoms with van der Waals surface area (Å²) < 4.78 is 4.94. The van der Waals surface area contributed by atoms with E-state index in [1.54, 1.807) is 48.5 Å². The van der Waals surface area contributed by atoms with Gasteiger partial charge in [-0.3, -0.25) is 14.4 Å². The SMILES string of the molecule is O=C(COC(=O)[C@H]1CCC(=O)N1)Nc1ccccc1C(=O)Nc1ccc(Cl)cc1. The van der Waals surface area contributed by atoms with Crippen LogP contribution in [0.3, 0.4) is 0 Å². The first-order valence-electron chi connectivity index (χ1n) is 8.84. The van der Waals surface area contributed by atoms with Crippen LogP contribution in [0, 0.1) is 0 Å². The number of amides is 3. The average molecular weight is 416 g/mol. The number of benzene rings is 2. The number of nitrogens with one attached hydrogen (secondary N) is 3. The summed E-state index contributed by atoms with van der Waals surface area (Å²) in [7, 11) is 0. The number of anilines is 2. The van der Waals surface area contributed by atoms with Gasteiger partial charge in [-0.15, -0.1) is 0 Å². The second-order valence-corrected chi connectivity index (χ2v) is 6.76. The van der Waals surface area contributed by atoms with Crippen molar-refractivity contribution in [3.05, 3.63) is 59.1 Å². The fourth-order valence-corrected chi connectivity index (χ4v) is 2.86. The van der Waals surface area contributed by atoms with Crippen LogP contribution in [-0.4, -0.2) is 36.3 Å². The maximum absolute atomic E-state index is 12.6. The van der Waals surface area contributed by atoms with Gasteiger partial charge in [0.1, 0.15) is 6.04 Å². The third-order valence-electron chi connectivity index (χ3n) is 4.17. The molecule has 0 radical (unpaired) electrons. The summed E-state index contributed by atoms with van der Waals surface area (Å²) in [5.74, 6) is -1.92. The molecule has 3 N–H and O–H groups in total. The summed E-state index contributed by atoms with van der Waals surface area (Å²) in [5.41, 5.74) is 1.06. The molecular formula is C20H18ClN3O5. The number of hydrogen-bond acceptors (Lipinski definition) is 5. The van der Waals surface area contributed by atoms with Crippen molar-refractivity contribution in [1.82, 2.24) is 5.32 Å². The monoisotopic (exact) mass is 415 g/mol. The van der Waals surface area contributed by atoms with E-state index in [2.05, 4.69) is 16.0 Å². The zero-order valence-electron chi connectivity index (χ0n) is 15.2. The van der Waals surface area contributed by atoms with Gasteiger partial charge in [-0.05, 0) is 42.8 Å². The largest absolute Gasteiger partial charge is 0.454 e. The Morgan fingerprint density at radius 2 is 1.79 bits per heavy atom. The van der Waals surface area contributed by atoms with Crippen LogP contribution in [0.5, 0.6) is 0 Å². The molecule has 1 aliphatic rings. The van der Waals surface area contributed by atoms with E-state index in [0.29, 0.717) is 17.1 Å². The second kappa shape index (κ2) is 9.20. The summed E-state index contributed by atoms with van der Waals surface area (Å²) in [5, 5.41) is 8.29. The maximum atomic E-state index is 12.6. The molecule has 2 aromatic rings. The van der Waals surface area contributed by atoms with Gasteiger partial charge in [-0.1, -0.05) is 23.7 Å². The summed E-state index contributed by atoms with van der Waals surface area (Å²) in [6, 6.07) is 12.3. The van der Waals surface area contributed by atoms with Gasteiger partial charge < -0.3 is 20.7 Å². The predicted octanol–water partition coefficient (Wildman–Crippen LogP) is 2.35. The van der Waals surface area contributed by atoms with Gasteiger partial charge in [-0.2, -0.15) is 0 Å². The molecule has 3 amide bonds. The minimum atomic E-state index is -0.729. The molecule has 1 heterocycles. The summed E-state index contributed by atoms with van der Waals surface area (Å²) in [6.45, 7) is -0.529. The highest BCUT2D eigenvalue weighted by molar-refractivity contribution is 6.30. The Kier molecular flexibility index (Phi) is 6.46. The van der Waals surface area contributed by atoms with Crippen LogP contribution in [0.1, 0.15) is 23.2 Å². The van der Waals surface area contributed by atoms with Gasteiger partial charge in [0.15, 0.2) is 6.61 Å². The molecule has 0 spiro atoms. The maximum Gasteiger partial charge on any atom is 0.329 e. The number of halogens is 1. The Bertz CT molecular complexity index is 945. The minimum Gasteiger partial charge on any atom is -0.454 e. The number of carbonyl (C=O) groups is 4. The fourth-order valence-electron chi connectivity index (χ4n) is 2.74. The lowest BCUT2D eigenvalue weighted by Crippen LogP contribution is -2.36. The van der Waals surface area contributed by atoms with Gasteiger partial charge in [-0.25, -0.2) is 4.79 Å². The van der Waals surface area contributed by atoms with E-state index in [0.717, 1.165) is 0 Å². The molecule has 0 unspecified atom stereocenters. The third kappa shape index (κ3) is 5.55. The first-order chi connectivity index (χ1) is 13.9. The molecule has 9 heteroatoms. The fraction of sp³-hybridized carbons (Fsp3) is 0.200. The molecule has 8 nitrogen and oxygen atoms in total. The van der Waals surface area contributed by atoms with Crippen molar-refractivity contribution in [2.45, 2.75) is 18.9 Å². The molecule has 1 atom stereocenters. The number of hydrogen-bond donors (Lipinski definition) is 3. The Morgan fingerprint density at radius 1 is 1.07 bits per heavy atom. The third-order valence-corrected chi connectivity index (χ3v) is 4.43. The molecule has 1 aliphatic heterocycles. The molecule has 1 saturated heterocycles. The van der Waals surface area contributed by atoms with Crippen molar-refractivity contribution in [3.8, 4) is 0 Å². The van der Waals surface area contributed by atoms with Gasteiger partial charge in [0.05, 0.1) is 11.3 Å². The van der Waals surface area contributed by atoms with E-state index < -0.39 is 30.4 Å². The van der Waals surface area contributed by atoms with Crippen molar-refractivity contribution in [2.24, 2.45) is 0 Å². The zero-order valence-corrected chi connectivity index (χ0v) is 16.0. The quantitative estimate of drug-likeness (QED) is 0.627. The molecule has 29 heavy (non-hydrogen) atoms. The zero-order chi connectivity index (χ0) is 20.8. The number of para-hydroxylation sites is 1. The topological polar surface area (TPSA) is 114 Å². The lowest BCUT2D eigenvalue weighted by atomic mass is 10.1. The number of carbonyl (C=O) groups excluding carboxylic acids is 4. The molecule has 1 fully saturated rings. The molecule has 0 bridgehead atoms. The average Bonchev–Trinajstić information content (AvgIpc) is 3.15. The highest BCUT2D eigenvalue weighted by Crippen LogP contribution is 2.19. The van der Waals surface area contributed by atoms with Gasteiger partial charge in [0, 0.05) is 17.1 Å². The molecule has 0 aliphatic carbocycles. The van der Waals surface area contributed by atoms with Crippen LogP contribution in [0.15, 0.2) is 48.5 Å². The number of esters is 1. The smallest absolute Gasteiger partial charge is 0.329 e.